The Hall–Kier alpha value is -3.41. The lowest BCUT2D eigenvalue weighted by molar-refractivity contribution is 0.414. The summed E-state index contributed by atoms with van der Waals surface area (Å²) in [7, 11) is 1.64. The largest absolute Gasteiger partial charge is 0.497 e. The zero-order valence-electron chi connectivity index (χ0n) is 14.2. The smallest absolute Gasteiger partial charge is 0.154 e. The van der Waals surface area contributed by atoms with Crippen LogP contribution in [0.25, 0.3) is 16.9 Å². The van der Waals surface area contributed by atoms with Gasteiger partial charge in [-0.05, 0) is 42.0 Å². The summed E-state index contributed by atoms with van der Waals surface area (Å²) in [6.45, 7) is 0.617. The molecule has 2 aromatic carbocycles. The number of fused-ring (bicyclic) bond motifs is 1. The minimum absolute atomic E-state index is 0.298. The Morgan fingerprint density at radius 3 is 2.62 bits per heavy atom. The first kappa shape index (κ1) is 16.1. The predicted molar refractivity (Wildman–Crippen MR) is 98.7 cm³/mol. The zero-order chi connectivity index (χ0) is 17.9. The molecule has 0 atom stereocenters. The number of methoxy groups -OCH3 is 1. The van der Waals surface area contributed by atoms with E-state index in [-0.39, 0.29) is 5.82 Å². The molecule has 0 aliphatic rings. The van der Waals surface area contributed by atoms with Crippen LogP contribution in [0.2, 0.25) is 0 Å². The van der Waals surface area contributed by atoms with Crippen molar-refractivity contribution in [1.82, 2.24) is 14.6 Å². The maximum Gasteiger partial charge on any atom is 0.154 e. The molecular formula is C20H17FN4O. The molecule has 26 heavy (non-hydrogen) atoms. The number of hydrogen-bond donors (Lipinski definition) is 1. The van der Waals surface area contributed by atoms with Crippen molar-refractivity contribution >= 4 is 11.5 Å². The number of benzene rings is 2. The molecule has 130 valence electrons. The molecule has 0 amide bonds. The summed E-state index contributed by atoms with van der Waals surface area (Å²) in [5.41, 5.74) is 2.86. The molecule has 0 saturated carbocycles. The number of nitrogens with one attached hydrogen (secondary N) is 1. The van der Waals surface area contributed by atoms with Crippen LogP contribution in [0, 0.1) is 5.82 Å². The van der Waals surface area contributed by atoms with Gasteiger partial charge in [0.05, 0.1) is 19.0 Å². The normalized spacial score (nSPS) is 10.8. The summed E-state index contributed by atoms with van der Waals surface area (Å²) in [4.78, 5) is 4.31. The molecule has 0 bridgehead atoms. The molecule has 0 aliphatic heterocycles. The van der Waals surface area contributed by atoms with Gasteiger partial charge in [0.2, 0.25) is 0 Å². The SMILES string of the molecule is COc1ccc(CNc2ccc3ncc(-c4ccccc4F)n3n2)cc1. The van der Waals surface area contributed by atoms with Gasteiger partial charge in [-0.15, -0.1) is 5.10 Å². The zero-order valence-corrected chi connectivity index (χ0v) is 14.2. The second-order valence-electron chi connectivity index (χ2n) is 5.81. The number of rotatable bonds is 5. The van der Waals surface area contributed by atoms with Crippen molar-refractivity contribution < 1.29 is 9.13 Å². The Kier molecular flexibility index (Phi) is 4.23. The molecule has 4 rings (SSSR count). The molecular weight excluding hydrogens is 331 g/mol. The van der Waals surface area contributed by atoms with Gasteiger partial charge in [-0.25, -0.2) is 13.9 Å². The van der Waals surface area contributed by atoms with E-state index in [1.54, 1.807) is 36.0 Å². The highest BCUT2D eigenvalue weighted by molar-refractivity contribution is 5.64. The van der Waals surface area contributed by atoms with E-state index < -0.39 is 0 Å². The quantitative estimate of drug-likeness (QED) is 0.588. The highest BCUT2D eigenvalue weighted by Crippen LogP contribution is 2.23. The van der Waals surface area contributed by atoms with Crippen LogP contribution in [-0.2, 0) is 6.54 Å². The van der Waals surface area contributed by atoms with Gasteiger partial charge < -0.3 is 10.1 Å². The standard InChI is InChI=1S/C20H17FN4O/c1-26-15-8-6-14(7-9-15)12-22-19-10-11-20-23-13-18(25(20)24-19)16-4-2-3-5-17(16)21/h2-11,13H,12H2,1H3,(H,22,24). The van der Waals surface area contributed by atoms with Crippen LogP contribution in [0.3, 0.4) is 0 Å². The highest BCUT2D eigenvalue weighted by atomic mass is 19.1. The second-order valence-corrected chi connectivity index (χ2v) is 5.81. The van der Waals surface area contributed by atoms with E-state index in [1.165, 1.54) is 6.07 Å². The molecule has 6 heteroatoms. The Morgan fingerprint density at radius 2 is 1.85 bits per heavy atom. The fraction of sp³-hybridized carbons (Fsp3) is 0.100. The summed E-state index contributed by atoms with van der Waals surface area (Å²) in [6, 6.07) is 18.1. The maximum absolute atomic E-state index is 14.1. The Morgan fingerprint density at radius 1 is 1.04 bits per heavy atom. The third-order valence-electron chi connectivity index (χ3n) is 4.14. The van der Waals surface area contributed by atoms with Crippen LogP contribution in [0.15, 0.2) is 66.9 Å². The van der Waals surface area contributed by atoms with Crippen molar-refractivity contribution in [2.45, 2.75) is 6.54 Å². The Balaban J connectivity index is 1.60. The van der Waals surface area contributed by atoms with Gasteiger partial charge in [0.25, 0.3) is 0 Å². The molecule has 0 fully saturated rings. The van der Waals surface area contributed by atoms with E-state index in [0.717, 1.165) is 11.3 Å². The lowest BCUT2D eigenvalue weighted by atomic mass is 10.1. The van der Waals surface area contributed by atoms with Gasteiger partial charge in [-0.3, -0.25) is 0 Å². The molecule has 2 heterocycles. The van der Waals surface area contributed by atoms with Gasteiger partial charge >= 0.3 is 0 Å². The van der Waals surface area contributed by atoms with Gasteiger partial charge in [0.15, 0.2) is 5.65 Å². The van der Waals surface area contributed by atoms with Crippen LogP contribution >= 0.6 is 0 Å². The first-order valence-electron chi connectivity index (χ1n) is 8.21. The summed E-state index contributed by atoms with van der Waals surface area (Å²) in [6.07, 6.45) is 1.63. The molecule has 1 N–H and O–H groups in total. The van der Waals surface area contributed by atoms with E-state index in [4.69, 9.17) is 4.74 Å². The van der Waals surface area contributed by atoms with Crippen molar-refractivity contribution in [3.63, 3.8) is 0 Å². The number of halogens is 1. The van der Waals surface area contributed by atoms with Crippen LogP contribution in [-0.4, -0.2) is 21.7 Å². The van der Waals surface area contributed by atoms with Crippen molar-refractivity contribution in [2.75, 3.05) is 12.4 Å². The van der Waals surface area contributed by atoms with Crippen LogP contribution in [0.1, 0.15) is 5.56 Å². The molecule has 5 nitrogen and oxygen atoms in total. The second kappa shape index (κ2) is 6.84. The molecule has 0 unspecified atom stereocenters. The topological polar surface area (TPSA) is 51.5 Å². The van der Waals surface area contributed by atoms with Gasteiger partial charge in [-0.1, -0.05) is 24.3 Å². The Labute approximate surface area is 150 Å². The first-order valence-corrected chi connectivity index (χ1v) is 8.21. The minimum Gasteiger partial charge on any atom is -0.497 e. The average molecular weight is 348 g/mol. The molecule has 2 aromatic heterocycles. The fourth-order valence-electron chi connectivity index (χ4n) is 2.76. The van der Waals surface area contributed by atoms with E-state index >= 15 is 0 Å². The van der Waals surface area contributed by atoms with Gasteiger partial charge in [-0.2, -0.15) is 0 Å². The molecule has 0 spiro atoms. The minimum atomic E-state index is -0.298. The lowest BCUT2D eigenvalue weighted by Crippen LogP contribution is -2.05. The lowest BCUT2D eigenvalue weighted by Gasteiger charge is -2.08. The first-order chi connectivity index (χ1) is 12.7. The highest BCUT2D eigenvalue weighted by Gasteiger charge is 2.11. The molecule has 0 radical (unpaired) electrons. The van der Waals surface area contributed by atoms with Gasteiger partial charge in [0.1, 0.15) is 17.4 Å². The van der Waals surface area contributed by atoms with E-state index in [1.807, 2.05) is 36.4 Å². The number of ether oxygens (including phenoxy) is 1. The predicted octanol–water partition coefficient (Wildman–Crippen LogP) is 4.16. The number of anilines is 1. The monoisotopic (exact) mass is 348 g/mol. The van der Waals surface area contributed by atoms with Crippen LogP contribution in [0.5, 0.6) is 5.75 Å². The number of nitrogens with zero attached hydrogens (tertiary/aromatic N) is 3. The summed E-state index contributed by atoms with van der Waals surface area (Å²) < 4.78 is 20.9. The fourth-order valence-corrected chi connectivity index (χ4v) is 2.76. The Bertz CT molecular complexity index is 1040. The number of hydrogen-bond acceptors (Lipinski definition) is 4. The van der Waals surface area contributed by atoms with Crippen molar-refractivity contribution in [3.8, 4) is 17.0 Å². The number of aromatic nitrogens is 3. The summed E-state index contributed by atoms with van der Waals surface area (Å²) >= 11 is 0. The maximum atomic E-state index is 14.1. The molecule has 0 aliphatic carbocycles. The van der Waals surface area contributed by atoms with Crippen molar-refractivity contribution in [3.05, 3.63) is 78.2 Å². The average Bonchev–Trinajstić information content (AvgIpc) is 3.10. The summed E-state index contributed by atoms with van der Waals surface area (Å²) in [5.74, 6) is 1.21. The molecule has 0 saturated heterocycles. The third kappa shape index (κ3) is 3.09. The van der Waals surface area contributed by atoms with Crippen molar-refractivity contribution in [2.24, 2.45) is 0 Å². The van der Waals surface area contributed by atoms with E-state index in [0.29, 0.717) is 29.3 Å². The van der Waals surface area contributed by atoms with Crippen LogP contribution in [0.4, 0.5) is 10.2 Å². The number of imidazole rings is 1. The van der Waals surface area contributed by atoms with Crippen molar-refractivity contribution in [1.29, 1.82) is 0 Å². The van der Waals surface area contributed by atoms with E-state index in [9.17, 15) is 4.39 Å². The third-order valence-corrected chi connectivity index (χ3v) is 4.14. The molecule has 4 aromatic rings. The summed E-state index contributed by atoms with van der Waals surface area (Å²) in [5, 5.41) is 7.83. The van der Waals surface area contributed by atoms with Crippen LogP contribution < -0.4 is 10.1 Å². The van der Waals surface area contributed by atoms with E-state index in [2.05, 4.69) is 15.4 Å². The van der Waals surface area contributed by atoms with Gasteiger partial charge in [0, 0.05) is 12.1 Å².